The van der Waals surface area contributed by atoms with Crippen molar-refractivity contribution in [3.63, 3.8) is 0 Å². The minimum absolute atomic E-state index is 0.0781. The van der Waals surface area contributed by atoms with Gasteiger partial charge in [0, 0.05) is 54.6 Å². The molecule has 0 saturated carbocycles. The van der Waals surface area contributed by atoms with Crippen LogP contribution in [0, 0.1) is 17.9 Å². The third kappa shape index (κ3) is 2.54. The Morgan fingerprint density at radius 1 is 1.48 bits per heavy atom. The van der Waals surface area contributed by atoms with Gasteiger partial charge in [0.05, 0.1) is 25.3 Å². The molecule has 4 rings (SSSR count). The lowest BCUT2D eigenvalue weighted by Crippen LogP contribution is -2.64. The summed E-state index contributed by atoms with van der Waals surface area (Å²) >= 11 is 0. The number of hydrogen-bond acceptors (Lipinski definition) is 4. The van der Waals surface area contributed by atoms with E-state index in [1.165, 1.54) is 0 Å². The zero-order chi connectivity index (χ0) is 19.0. The summed E-state index contributed by atoms with van der Waals surface area (Å²) in [6.07, 6.45) is 7.63. The van der Waals surface area contributed by atoms with E-state index in [0.29, 0.717) is 30.8 Å². The van der Waals surface area contributed by atoms with Crippen molar-refractivity contribution < 1.29 is 4.79 Å². The Morgan fingerprint density at radius 2 is 2.30 bits per heavy atom. The average Bonchev–Trinajstić information content (AvgIpc) is 3.32. The van der Waals surface area contributed by atoms with E-state index >= 15 is 0 Å². The van der Waals surface area contributed by atoms with Crippen LogP contribution in [0.2, 0.25) is 0 Å². The molecule has 27 heavy (non-hydrogen) atoms. The van der Waals surface area contributed by atoms with Crippen molar-refractivity contribution in [2.75, 3.05) is 13.1 Å². The van der Waals surface area contributed by atoms with Crippen molar-refractivity contribution in [3.05, 3.63) is 42.3 Å². The Balaban J connectivity index is 1.74. The van der Waals surface area contributed by atoms with Crippen LogP contribution in [0.5, 0.6) is 0 Å². The van der Waals surface area contributed by atoms with Gasteiger partial charge in [0.25, 0.3) is 0 Å². The Labute approximate surface area is 155 Å². The number of nitriles is 1. The van der Waals surface area contributed by atoms with Crippen molar-refractivity contribution in [2.45, 2.75) is 25.3 Å². The number of aromatic nitrogens is 4. The molecule has 4 heterocycles. The van der Waals surface area contributed by atoms with E-state index in [4.69, 9.17) is 6.57 Å². The van der Waals surface area contributed by atoms with Gasteiger partial charge in [-0.2, -0.15) is 10.4 Å². The van der Waals surface area contributed by atoms with E-state index in [0.717, 1.165) is 16.5 Å². The highest BCUT2D eigenvalue weighted by Gasteiger charge is 2.47. The molecule has 1 N–H and O–H groups in total. The molecule has 0 atom stereocenters. The first kappa shape index (κ1) is 16.8. The predicted octanol–water partition coefficient (Wildman–Crippen LogP) is 2.84. The molecule has 1 saturated heterocycles. The van der Waals surface area contributed by atoms with Crippen molar-refractivity contribution in [2.24, 2.45) is 0 Å². The first-order chi connectivity index (χ1) is 13.1. The summed E-state index contributed by atoms with van der Waals surface area (Å²) in [6.45, 7) is 10.2. The van der Waals surface area contributed by atoms with Gasteiger partial charge in [-0.3, -0.25) is 14.5 Å². The monoisotopic (exact) mass is 359 g/mol. The zero-order valence-electron chi connectivity index (χ0n) is 14.8. The van der Waals surface area contributed by atoms with Crippen LogP contribution < -0.4 is 0 Å². The molecular weight excluding hydrogens is 342 g/mol. The van der Waals surface area contributed by atoms with Crippen LogP contribution >= 0.6 is 0 Å². The Hall–Kier alpha value is -3.65. The van der Waals surface area contributed by atoms with Gasteiger partial charge < -0.3 is 9.88 Å². The van der Waals surface area contributed by atoms with Gasteiger partial charge in [0.15, 0.2) is 0 Å². The van der Waals surface area contributed by atoms with Crippen LogP contribution in [-0.4, -0.2) is 43.6 Å². The molecule has 1 aliphatic heterocycles. The molecule has 134 valence electrons. The Bertz CT molecular complexity index is 1110. The summed E-state index contributed by atoms with van der Waals surface area (Å²) in [4.78, 5) is 24.6. The molecule has 0 unspecified atom stereocenters. The number of carbonyl (C=O) groups is 1. The molecule has 8 heteroatoms. The lowest BCUT2D eigenvalue weighted by Gasteiger charge is -2.49. The number of H-pyrrole nitrogens is 1. The standard InChI is InChI=1S/C19H17N7O/c1-3-16(27)25-11-19(12-25,5-6-20)26-10-13(8-24-26)17-14-4-7-22-18(14)23-9-15(17)21-2/h4,7-10H,3,5,11-12H2,1H3,(H,22,23). The van der Waals surface area contributed by atoms with E-state index < -0.39 is 5.54 Å². The van der Waals surface area contributed by atoms with Gasteiger partial charge in [-0.15, -0.1) is 0 Å². The molecule has 0 aromatic carbocycles. The minimum atomic E-state index is -0.513. The fraction of sp³-hybridized carbons (Fsp3) is 0.316. The lowest BCUT2D eigenvalue weighted by molar-refractivity contribution is -0.142. The third-order valence-electron chi connectivity index (χ3n) is 5.08. The van der Waals surface area contributed by atoms with Crippen molar-refractivity contribution in [3.8, 4) is 17.2 Å². The smallest absolute Gasteiger partial charge is 0.222 e. The van der Waals surface area contributed by atoms with Crippen LogP contribution in [0.3, 0.4) is 0 Å². The molecule has 0 radical (unpaired) electrons. The first-order valence-electron chi connectivity index (χ1n) is 8.65. The number of aromatic amines is 1. The van der Waals surface area contributed by atoms with Crippen LogP contribution in [0.25, 0.3) is 27.0 Å². The number of likely N-dealkylation sites (tertiary alicyclic amines) is 1. The molecule has 0 spiro atoms. The number of amides is 1. The van der Waals surface area contributed by atoms with Crippen molar-refractivity contribution in [1.29, 1.82) is 5.26 Å². The summed E-state index contributed by atoms with van der Waals surface area (Å²) in [5.41, 5.74) is 2.22. The van der Waals surface area contributed by atoms with E-state index in [9.17, 15) is 10.1 Å². The number of hydrogen-bond donors (Lipinski definition) is 1. The number of rotatable bonds is 4. The number of nitrogens with one attached hydrogen (secondary N) is 1. The van der Waals surface area contributed by atoms with E-state index in [-0.39, 0.29) is 12.3 Å². The normalized spacial score (nSPS) is 15.1. The van der Waals surface area contributed by atoms with E-state index in [1.807, 2.05) is 19.2 Å². The highest BCUT2D eigenvalue weighted by Crippen LogP contribution is 2.38. The maximum atomic E-state index is 11.9. The second-order valence-electron chi connectivity index (χ2n) is 6.71. The van der Waals surface area contributed by atoms with Crippen LogP contribution in [0.15, 0.2) is 30.9 Å². The van der Waals surface area contributed by atoms with Gasteiger partial charge in [0.1, 0.15) is 11.2 Å². The Morgan fingerprint density at radius 3 is 3.00 bits per heavy atom. The molecule has 0 aliphatic carbocycles. The molecule has 1 fully saturated rings. The van der Waals surface area contributed by atoms with Gasteiger partial charge in [-0.1, -0.05) is 6.92 Å². The zero-order valence-corrected chi connectivity index (χ0v) is 14.8. The molecule has 1 aliphatic rings. The minimum Gasteiger partial charge on any atom is -0.346 e. The number of nitrogens with zero attached hydrogens (tertiary/aromatic N) is 6. The largest absolute Gasteiger partial charge is 0.346 e. The number of carbonyl (C=O) groups excluding carboxylic acids is 1. The highest BCUT2D eigenvalue weighted by atomic mass is 16.2. The molecule has 3 aromatic heterocycles. The SMILES string of the molecule is [C-]#[N+]c1cnc2[nH]ccc2c1-c1cnn(C2(CC#N)CN(C(=O)CC)C2)c1. The summed E-state index contributed by atoms with van der Waals surface area (Å²) in [5.74, 6) is 0.0781. The molecular formula is C19H17N7O. The predicted molar refractivity (Wildman–Crippen MR) is 98.7 cm³/mol. The van der Waals surface area contributed by atoms with Crippen LogP contribution in [0.1, 0.15) is 19.8 Å². The number of fused-ring (bicyclic) bond motifs is 1. The average molecular weight is 359 g/mol. The van der Waals surface area contributed by atoms with Gasteiger partial charge in [-0.05, 0) is 6.07 Å². The molecule has 3 aromatic rings. The third-order valence-corrected chi connectivity index (χ3v) is 5.08. The van der Waals surface area contributed by atoms with Crippen LogP contribution in [0.4, 0.5) is 5.69 Å². The van der Waals surface area contributed by atoms with Gasteiger partial charge in [0.2, 0.25) is 11.6 Å². The van der Waals surface area contributed by atoms with Gasteiger partial charge in [-0.25, -0.2) is 4.85 Å². The fourth-order valence-electron chi connectivity index (χ4n) is 3.65. The van der Waals surface area contributed by atoms with Crippen molar-refractivity contribution >= 4 is 22.6 Å². The fourth-order valence-corrected chi connectivity index (χ4v) is 3.65. The molecule has 8 nitrogen and oxygen atoms in total. The quantitative estimate of drug-likeness (QED) is 0.725. The maximum absolute atomic E-state index is 11.9. The highest BCUT2D eigenvalue weighted by molar-refractivity contribution is 5.99. The van der Waals surface area contributed by atoms with E-state index in [1.54, 1.807) is 28.2 Å². The lowest BCUT2D eigenvalue weighted by atomic mass is 9.86. The maximum Gasteiger partial charge on any atom is 0.222 e. The summed E-state index contributed by atoms with van der Waals surface area (Å²) in [7, 11) is 0. The Kier molecular flexibility index (Phi) is 3.89. The first-order valence-corrected chi connectivity index (χ1v) is 8.65. The second kappa shape index (κ2) is 6.26. The van der Waals surface area contributed by atoms with Gasteiger partial charge >= 0.3 is 0 Å². The van der Waals surface area contributed by atoms with Crippen molar-refractivity contribution in [1.82, 2.24) is 24.6 Å². The van der Waals surface area contributed by atoms with E-state index in [2.05, 4.69) is 26.0 Å². The molecule has 1 amide bonds. The van der Waals surface area contributed by atoms with Crippen LogP contribution in [-0.2, 0) is 10.3 Å². The number of pyridine rings is 1. The summed E-state index contributed by atoms with van der Waals surface area (Å²) < 4.78 is 1.78. The topological polar surface area (TPSA) is 95.0 Å². The molecule has 0 bridgehead atoms. The second-order valence-corrected chi connectivity index (χ2v) is 6.71. The summed E-state index contributed by atoms with van der Waals surface area (Å²) in [5, 5.41) is 14.6. The summed E-state index contributed by atoms with van der Waals surface area (Å²) in [6, 6.07) is 4.11.